The Morgan fingerprint density at radius 3 is 2.65 bits per heavy atom. The first kappa shape index (κ1) is 15.6. The Balaban J connectivity index is 2.22. The van der Waals surface area contributed by atoms with Crippen LogP contribution in [0.15, 0.2) is 22.7 Å². The second kappa shape index (κ2) is 6.76. The Morgan fingerprint density at radius 2 is 2.00 bits per heavy atom. The molecule has 0 saturated heterocycles. The van der Waals surface area contributed by atoms with Gasteiger partial charge in [0.1, 0.15) is 12.4 Å². The normalized spacial score (nSPS) is 10.8. The standard InChI is InChI=1S/C15H18Br2N2O/c1-4-19-14(6-11(3)18-19)9-20-15-10(2)5-13(17)7-12(15)8-16/h5-7H,4,8-9H2,1-3H3. The van der Waals surface area contributed by atoms with E-state index in [1.165, 1.54) is 0 Å². The molecule has 3 nitrogen and oxygen atoms in total. The average molecular weight is 402 g/mol. The highest BCUT2D eigenvalue weighted by atomic mass is 79.9. The zero-order valence-electron chi connectivity index (χ0n) is 11.9. The molecule has 5 heteroatoms. The van der Waals surface area contributed by atoms with Crippen molar-refractivity contribution in [2.75, 3.05) is 0 Å². The number of ether oxygens (including phenoxy) is 1. The molecule has 0 unspecified atom stereocenters. The maximum absolute atomic E-state index is 6.04. The van der Waals surface area contributed by atoms with E-state index in [0.29, 0.717) is 6.61 Å². The summed E-state index contributed by atoms with van der Waals surface area (Å²) in [4.78, 5) is 0. The van der Waals surface area contributed by atoms with E-state index in [-0.39, 0.29) is 0 Å². The van der Waals surface area contributed by atoms with Crippen molar-refractivity contribution < 1.29 is 4.74 Å². The number of alkyl halides is 1. The Morgan fingerprint density at radius 1 is 1.25 bits per heavy atom. The first-order valence-electron chi connectivity index (χ1n) is 6.56. The van der Waals surface area contributed by atoms with Crippen molar-refractivity contribution in [3.05, 3.63) is 45.2 Å². The van der Waals surface area contributed by atoms with E-state index in [1.807, 2.05) is 11.6 Å². The minimum absolute atomic E-state index is 0.539. The summed E-state index contributed by atoms with van der Waals surface area (Å²) in [5.41, 5.74) is 4.41. The fraction of sp³-hybridized carbons (Fsp3) is 0.400. The van der Waals surface area contributed by atoms with Gasteiger partial charge in [-0.05, 0) is 44.5 Å². The van der Waals surface area contributed by atoms with Crippen LogP contribution in [0.1, 0.15) is 29.4 Å². The molecule has 0 bridgehead atoms. The second-order valence-electron chi connectivity index (χ2n) is 4.73. The van der Waals surface area contributed by atoms with Crippen molar-refractivity contribution in [2.45, 2.75) is 39.3 Å². The van der Waals surface area contributed by atoms with E-state index in [4.69, 9.17) is 4.74 Å². The molecule has 0 amide bonds. The molecule has 0 atom stereocenters. The fourth-order valence-corrected chi connectivity index (χ4v) is 3.28. The Kier molecular flexibility index (Phi) is 5.27. The van der Waals surface area contributed by atoms with Crippen LogP contribution in [-0.2, 0) is 18.5 Å². The molecule has 0 N–H and O–H groups in total. The number of aryl methyl sites for hydroxylation is 3. The molecule has 2 aromatic rings. The van der Waals surface area contributed by atoms with Crippen LogP contribution in [0.5, 0.6) is 5.75 Å². The van der Waals surface area contributed by atoms with Gasteiger partial charge in [-0.25, -0.2) is 0 Å². The molecule has 2 rings (SSSR count). The minimum Gasteiger partial charge on any atom is -0.487 e. The minimum atomic E-state index is 0.539. The topological polar surface area (TPSA) is 27.1 Å². The third-order valence-corrected chi connectivity index (χ3v) is 4.17. The zero-order valence-corrected chi connectivity index (χ0v) is 15.1. The fourth-order valence-electron chi connectivity index (χ4n) is 2.24. The highest BCUT2D eigenvalue weighted by molar-refractivity contribution is 9.10. The van der Waals surface area contributed by atoms with Crippen molar-refractivity contribution in [3.63, 3.8) is 0 Å². The quantitative estimate of drug-likeness (QED) is 0.675. The third kappa shape index (κ3) is 3.44. The predicted octanol–water partition coefficient (Wildman–Crippen LogP) is 4.76. The lowest BCUT2D eigenvalue weighted by molar-refractivity contribution is 0.288. The van der Waals surface area contributed by atoms with E-state index in [9.17, 15) is 0 Å². The average Bonchev–Trinajstić information content (AvgIpc) is 2.77. The summed E-state index contributed by atoms with van der Waals surface area (Å²) >= 11 is 7.04. The predicted molar refractivity (Wildman–Crippen MR) is 88.5 cm³/mol. The van der Waals surface area contributed by atoms with Crippen molar-refractivity contribution in [3.8, 4) is 5.75 Å². The Bertz CT molecular complexity index is 608. The van der Waals surface area contributed by atoms with E-state index >= 15 is 0 Å². The summed E-state index contributed by atoms with van der Waals surface area (Å²) in [6, 6.07) is 6.23. The van der Waals surface area contributed by atoms with Gasteiger partial charge in [-0.2, -0.15) is 5.10 Å². The first-order valence-corrected chi connectivity index (χ1v) is 8.47. The summed E-state index contributed by atoms with van der Waals surface area (Å²) in [6.45, 7) is 7.55. The van der Waals surface area contributed by atoms with Crippen molar-refractivity contribution in [1.82, 2.24) is 9.78 Å². The van der Waals surface area contributed by atoms with E-state index in [2.05, 4.69) is 69.0 Å². The van der Waals surface area contributed by atoms with Gasteiger partial charge in [0, 0.05) is 21.9 Å². The molecule has 1 aromatic heterocycles. The van der Waals surface area contributed by atoms with Crippen LogP contribution >= 0.6 is 31.9 Å². The summed E-state index contributed by atoms with van der Waals surface area (Å²) in [5, 5.41) is 5.21. The molecule has 0 aliphatic carbocycles. The highest BCUT2D eigenvalue weighted by Crippen LogP contribution is 2.30. The maximum Gasteiger partial charge on any atom is 0.130 e. The molecule has 0 aliphatic heterocycles. The molecule has 0 fully saturated rings. The van der Waals surface area contributed by atoms with Gasteiger partial charge in [0.05, 0.1) is 11.4 Å². The number of benzene rings is 1. The number of aromatic nitrogens is 2. The van der Waals surface area contributed by atoms with Gasteiger partial charge in [0.25, 0.3) is 0 Å². The van der Waals surface area contributed by atoms with Crippen LogP contribution < -0.4 is 4.74 Å². The number of hydrogen-bond acceptors (Lipinski definition) is 2. The molecule has 0 aliphatic rings. The first-order chi connectivity index (χ1) is 9.55. The summed E-state index contributed by atoms with van der Waals surface area (Å²) in [6.07, 6.45) is 0. The summed E-state index contributed by atoms with van der Waals surface area (Å²) < 4.78 is 9.10. The molecular weight excluding hydrogens is 384 g/mol. The van der Waals surface area contributed by atoms with Crippen LogP contribution in [0.4, 0.5) is 0 Å². The van der Waals surface area contributed by atoms with Crippen molar-refractivity contribution in [1.29, 1.82) is 0 Å². The molecule has 0 radical (unpaired) electrons. The number of rotatable bonds is 5. The summed E-state index contributed by atoms with van der Waals surface area (Å²) in [5.74, 6) is 0.951. The van der Waals surface area contributed by atoms with Gasteiger partial charge in [-0.3, -0.25) is 4.68 Å². The largest absolute Gasteiger partial charge is 0.487 e. The van der Waals surface area contributed by atoms with Crippen LogP contribution in [0.25, 0.3) is 0 Å². The molecule has 20 heavy (non-hydrogen) atoms. The van der Waals surface area contributed by atoms with Gasteiger partial charge in [0.2, 0.25) is 0 Å². The highest BCUT2D eigenvalue weighted by Gasteiger charge is 2.10. The van der Waals surface area contributed by atoms with Crippen molar-refractivity contribution >= 4 is 31.9 Å². The Labute approximate surface area is 136 Å². The lowest BCUT2D eigenvalue weighted by atomic mass is 10.1. The van der Waals surface area contributed by atoms with E-state index in [1.54, 1.807) is 0 Å². The number of halogens is 2. The number of nitrogens with zero attached hydrogens (tertiary/aromatic N) is 2. The van der Waals surface area contributed by atoms with Crippen LogP contribution in [0.3, 0.4) is 0 Å². The Hall–Kier alpha value is -0.810. The SMILES string of the molecule is CCn1nc(C)cc1COc1c(C)cc(Br)cc1CBr. The van der Waals surface area contributed by atoms with Gasteiger partial charge in [0.15, 0.2) is 0 Å². The smallest absolute Gasteiger partial charge is 0.130 e. The van der Waals surface area contributed by atoms with E-state index in [0.717, 1.165) is 44.6 Å². The number of hydrogen-bond donors (Lipinski definition) is 0. The summed E-state index contributed by atoms with van der Waals surface area (Å²) in [7, 11) is 0. The molecular formula is C15H18Br2N2O. The van der Waals surface area contributed by atoms with E-state index < -0.39 is 0 Å². The molecule has 1 heterocycles. The van der Waals surface area contributed by atoms with Crippen LogP contribution in [0, 0.1) is 13.8 Å². The maximum atomic E-state index is 6.04. The lowest BCUT2D eigenvalue weighted by Gasteiger charge is -2.14. The van der Waals surface area contributed by atoms with Gasteiger partial charge < -0.3 is 4.74 Å². The molecule has 1 aromatic carbocycles. The monoisotopic (exact) mass is 400 g/mol. The molecule has 108 valence electrons. The van der Waals surface area contributed by atoms with Crippen molar-refractivity contribution in [2.24, 2.45) is 0 Å². The van der Waals surface area contributed by atoms with Gasteiger partial charge in [-0.1, -0.05) is 31.9 Å². The van der Waals surface area contributed by atoms with Gasteiger partial charge in [-0.15, -0.1) is 0 Å². The molecule has 0 saturated carbocycles. The van der Waals surface area contributed by atoms with Crippen LogP contribution in [-0.4, -0.2) is 9.78 Å². The van der Waals surface area contributed by atoms with Gasteiger partial charge >= 0.3 is 0 Å². The zero-order chi connectivity index (χ0) is 14.7. The van der Waals surface area contributed by atoms with Crippen LogP contribution in [0.2, 0.25) is 0 Å². The second-order valence-corrected chi connectivity index (χ2v) is 6.20. The lowest BCUT2D eigenvalue weighted by Crippen LogP contribution is -2.07. The molecule has 0 spiro atoms. The third-order valence-electron chi connectivity index (χ3n) is 3.11.